The molecular weight excluding hydrogens is 436 g/mol. The number of phenolic OH excluding ortho intramolecular Hbond substituents is 1. The van der Waals surface area contributed by atoms with Gasteiger partial charge in [0.25, 0.3) is 5.91 Å². The fourth-order valence-corrected chi connectivity index (χ4v) is 4.11. The van der Waals surface area contributed by atoms with Crippen LogP contribution in [0.5, 0.6) is 11.5 Å². The van der Waals surface area contributed by atoms with Crippen LogP contribution in [0.1, 0.15) is 18.1 Å². The summed E-state index contributed by atoms with van der Waals surface area (Å²) in [5.41, 5.74) is 6.33. The Hall–Kier alpha value is -3.78. The Kier molecular flexibility index (Phi) is 7.26. The molecule has 0 atom stereocenters. The van der Waals surface area contributed by atoms with E-state index in [-0.39, 0.29) is 17.4 Å². The number of thioether (sulfide) groups is 1. The topological polar surface area (TPSA) is 88.7 Å². The van der Waals surface area contributed by atoms with Crippen LogP contribution in [0.2, 0.25) is 0 Å². The van der Waals surface area contributed by atoms with Gasteiger partial charge in [0.05, 0.1) is 36.2 Å². The Morgan fingerprint density at radius 3 is 2.76 bits per heavy atom. The molecule has 0 aliphatic heterocycles. The number of fused-ring (bicyclic) bond motifs is 1. The van der Waals surface area contributed by atoms with Crippen LogP contribution in [0, 0.1) is 0 Å². The Morgan fingerprint density at radius 2 is 1.94 bits per heavy atom. The highest BCUT2D eigenvalue weighted by Crippen LogP contribution is 2.26. The van der Waals surface area contributed by atoms with E-state index < -0.39 is 0 Å². The zero-order valence-corrected chi connectivity index (χ0v) is 19.0. The van der Waals surface area contributed by atoms with Crippen molar-refractivity contribution < 1.29 is 14.6 Å². The number of amides is 1. The highest BCUT2D eigenvalue weighted by atomic mass is 32.2. The Morgan fingerprint density at radius 1 is 1.15 bits per heavy atom. The van der Waals surface area contributed by atoms with Gasteiger partial charge in [-0.2, -0.15) is 5.10 Å². The van der Waals surface area contributed by atoms with Gasteiger partial charge in [-0.1, -0.05) is 54.2 Å². The lowest BCUT2D eigenvalue weighted by atomic mass is 10.2. The lowest BCUT2D eigenvalue weighted by Gasteiger charge is -2.09. The third-order valence-electron chi connectivity index (χ3n) is 4.82. The largest absolute Gasteiger partial charge is 0.504 e. The Balaban J connectivity index is 1.41. The van der Waals surface area contributed by atoms with Gasteiger partial charge in [0, 0.05) is 0 Å². The Bertz CT molecular complexity index is 1270. The molecule has 4 rings (SSSR count). The van der Waals surface area contributed by atoms with Gasteiger partial charge in [0.1, 0.15) is 0 Å². The summed E-state index contributed by atoms with van der Waals surface area (Å²) in [7, 11) is 0. The minimum atomic E-state index is -0.238. The van der Waals surface area contributed by atoms with Crippen LogP contribution in [0.15, 0.2) is 83.1 Å². The van der Waals surface area contributed by atoms with Crippen molar-refractivity contribution >= 4 is 34.9 Å². The second-order valence-electron chi connectivity index (χ2n) is 7.20. The third-order valence-corrected chi connectivity index (χ3v) is 5.80. The molecule has 8 heteroatoms. The van der Waals surface area contributed by atoms with Gasteiger partial charge in [-0.15, -0.1) is 0 Å². The van der Waals surface area contributed by atoms with E-state index in [1.165, 1.54) is 24.0 Å². The number of ether oxygens (including phenoxy) is 1. The number of carbonyl (C=O) groups excluding carboxylic acids is 1. The molecule has 1 heterocycles. The van der Waals surface area contributed by atoms with E-state index in [0.717, 1.165) is 21.8 Å². The fraction of sp³-hybridized carbons (Fsp3) is 0.160. The minimum absolute atomic E-state index is 0.0628. The maximum atomic E-state index is 12.4. The average molecular weight is 461 g/mol. The van der Waals surface area contributed by atoms with Gasteiger partial charge < -0.3 is 14.4 Å². The zero-order chi connectivity index (χ0) is 23.0. The second-order valence-corrected chi connectivity index (χ2v) is 8.14. The number of nitrogens with zero attached hydrogens (tertiary/aromatic N) is 3. The predicted octanol–water partition coefficient (Wildman–Crippen LogP) is 4.43. The molecular formula is C25H24N4O3S. The number of phenols is 1. The molecule has 0 aliphatic carbocycles. The van der Waals surface area contributed by atoms with E-state index in [9.17, 15) is 9.90 Å². The molecule has 0 fully saturated rings. The zero-order valence-electron chi connectivity index (χ0n) is 18.1. The molecule has 1 aromatic heterocycles. The maximum absolute atomic E-state index is 12.4. The summed E-state index contributed by atoms with van der Waals surface area (Å²) in [5.74, 6) is 0.377. The lowest BCUT2D eigenvalue weighted by molar-refractivity contribution is -0.118. The van der Waals surface area contributed by atoms with Crippen LogP contribution in [0.25, 0.3) is 11.0 Å². The summed E-state index contributed by atoms with van der Waals surface area (Å²) >= 11 is 1.37. The van der Waals surface area contributed by atoms with Gasteiger partial charge in [-0.05, 0) is 48.4 Å². The molecule has 0 saturated heterocycles. The van der Waals surface area contributed by atoms with E-state index in [2.05, 4.69) is 27.2 Å². The van der Waals surface area contributed by atoms with Crippen LogP contribution >= 0.6 is 11.8 Å². The summed E-state index contributed by atoms with van der Waals surface area (Å²) in [6.45, 7) is 2.95. The van der Waals surface area contributed by atoms with E-state index in [0.29, 0.717) is 24.5 Å². The first-order chi connectivity index (χ1) is 16.1. The van der Waals surface area contributed by atoms with Crippen molar-refractivity contribution in [2.45, 2.75) is 18.6 Å². The lowest BCUT2D eigenvalue weighted by Crippen LogP contribution is -2.20. The first-order valence-electron chi connectivity index (χ1n) is 10.5. The first-order valence-corrected chi connectivity index (χ1v) is 11.5. The number of benzene rings is 3. The molecule has 168 valence electrons. The van der Waals surface area contributed by atoms with Crippen LogP contribution in [-0.4, -0.2) is 39.1 Å². The van der Waals surface area contributed by atoms with Gasteiger partial charge in [-0.3, -0.25) is 4.79 Å². The van der Waals surface area contributed by atoms with Crippen LogP contribution in [0.4, 0.5) is 0 Å². The fourth-order valence-electron chi connectivity index (χ4n) is 3.31. The summed E-state index contributed by atoms with van der Waals surface area (Å²) in [5, 5.41) is 14.6. The summed E-state index contributed by atoms with van der Waals surface area (Å²) in [6.07, 6.45) is 1.51. The molecule has 0 spiro atoms. The average Bonchev–Trinajstić information content (AvgIpc) is 3.18. The minimum Gasteiger partial charge on any atom is -0.504 e. The summed E-state index contributed by atoms with van der Waals surface area (Å²) in [6, 6.07) is 23.0. The van der Waals surface area contributed by atoms with Gasteiger partial charge >= 0.3 is 0 Å². The van der Waals surface area contributed by atoms with Crippen LogP contribution < -0.4 is 10.2 Å². The highest BCUT2D eigenvalue weighted by Gasteiger charge is 2.13. The number of rotatable bonds is 9. The quantitative estimate of drug-likeness (QED) is 0.219. The number of carbonyl (C=O) groups is 1. The predicted molar refractivity (Wildman–Crippen MR) is 131 cm³/mol. The van der Waals surface area contributed by atoms with Crippen molar-refractivity contribution in [3.63, 3.8) is 0 Å². The molecule has 3 aromatic carbocycles. The van der Waals surface area contributed by atoms with Crippen LogP contribution in [-0.2, 0) is 11.3 Å². The maximum Gasteiger partial charge on any atom is 0.250 e. The third kappa shape index (κ3) is 5.72. The highest BCUT2D eigenvalue weighted by molar-refractivity contribution is 7.99. The van der Waals surface area contributed by atoms with E-state index in [4.69, 9.17) is 9.72 Å². The van der Waals surface area contributed by atoms with Crippen LogP contribution in [0.3, 0.4) is 0 Å². The van der Waals surface area contributed by atoms with Crippen molar-refractivity contribution in [3.05, 3.63) is 83.9 Å². The molecule has 2 N–H and O–H groups in total. The molecule has 0 bridgehead atoms. The number of hydrazone groups is 1. The van der Waals surface area contributed by atoms with Crippen molar-refractivity contribution in [1.82, 2.24) is 15.0 Å². The van der Waals surface area contributed by atoms with Crippen molar-refractivity contribution in [2.24, 2.45) is 5.10 Å². The molecule has 1 amide bonds. The van der Waals surface area contributed by atoms with Gasteiger partial charge in [0.15, 0.2) is 16.7 Å². The number of nitrogens with one attached hydrogen (secondary N) is 1. The van der Waals surface area contributed by atoms with E-state index in [1.54, 1.807) is 12.1 Å². The smallest absolute Gasteiger partial charge is 0.250 e. The van der Waals surface area contributed by atoms with Gasteiger partial charge in [-0.25, -0.2) is 10.4 Å². The summed E-state index contributed by atoms with van der Waals surface area (Å²) < 4.78 is 7.48. The molecule has 33 heavy (non-hydrogen) atoms. The number of imidazole rings is 1. The number of para-hydroxylation sites is 2. The number of aromatic hydroxyl groups is 1. The van der Waals surface area contributed by atoms with Crippen molar-refractivity contribution in [3.8, 4) is 11.5 Å². The van der Waals surface area contributed by atoms with Crippen molar-refractivity contribution in [1.29, 1.82) is 0 Å². The molecule has 0 saturated carbocycles. The Labute approximate surface area is 196 Å². The SMILES string of the molecule is CCOc1cc(C=NNC(=O)CSc2nc3ccccc3n2Cc2ccccc2)ccc1O. The number of hydrogen-bond acceptors (Lipinski definition) is 6. The molecule has 0 radical (unpaired) electrons. The number of aromatic nitrogens is 2. The molecule has 0 aliphatic rings. The first kappa shape index (κ1) is 22.4. The standard InChI is InChI=1S/C25H24N4O3S/c1-2-32-23-14-19(12-13-22(23)30)15-26-28-24(31)17-33-25-27-20-10-6-7-11-21(20)29(25)16-18-8-4-3-5-9-18/h3-15,30H,2,16-17H2,1H3,(H,28,31). The molecule has 0 unspecified atom stereocenters. The second kappa shape index (κ2) is 10.7. The number of hydrogen-bond donors (Lipinski definition) is 2. The van der Waals surface area contributed by atoms with E-state index in [1.807, 2.05) is 49.4 Å². The molecule has 7 nitrogen and oxygen atoms in total. The van der Waals surface area contributed by atoms with Crippen molar-refractivity contribution in [2.75, 3.05) is 12.4 Å². The van der Waals surface area contributed by atoms with E-state index >= 15 is 0 Å². The van der Waals surface area contributed by atoms with Gasteiger partial charge in [0.2, 0.25) is 0 Å². The normalized spacial score (nSPS) is 11.2. The molecule has 4 aromatic rings. The summed E-state index contributed by atoms with van der Waals surface area (Å²) in [4.78, 5) is 17.1. The monoisotopic (exact) mass is 460 g/mol.